The summed E-state index contributed by atoms with van der Waals surface area (Å²) >= 11 is 0. The summed E-state index contributed by atoms with van der Waals surface area (Å²) in [7, 11) is 5.49. The third-order valence-corrected chi connectivity index (χ3v) is 8.46. The lowest BCUT2D eigenvalue weighted by Crippen LogP contribution is -2.50. The number of likely N-dealkylation sites (N-methyl/N-ethyl adjacent to an activating group) is 1. The van der Waals surface area contributed by atoms with Crippen LogP contribution in [0, 0.1) is 0 Å². The largest absolute Gasteiger partial charge is 0.477 e. The molecule has 2 atom stereocenters. The molecule has 8 nitrogen and oxygen atoms in total. The molecule has 0 saturated heterocycles. The van der Waals surface area contributed by atoms with Gasteiger partial charge in [0.15, 0.2) is 12.1 Å². The number of quaternary nitrogens is 1. The number of esters is 2. The van der Waals surface area contributed by atoms with Crippen molar-refractivity contribution in [3.63, 3.8) is 0 Å². The van der Waals surface area contributed by atoms with Gasteiger partial charge in [0.2, 0.25) is 0 Å². The maximum absolute atomic E-state index is 12.6. The lowest BCUT2D eigenvalue weighted by atomic mass is 10.1. The monoisotopic (exact) mass is 717 g/mol. The topological polar surface area (TPSA) is 99.1 Å². The second kappa shape index (κ2) is 34.1. The van der Waals surface area contributed by atoms with E-state index in [2.05, 4.69) is 74.6 Å². The number of carbonyl (C=O) groups excluding carboxylic acids is 2. The molecule has 0 aliphatic rings. The Kier molecular flexibility index (Phi) is 32.1. The summed E-state index contributed by atoms with van der Waals surface area (Å²) in [6.45, 7) is 4.51. The van der Waals surface area contributed by atoms with Crippen LogP contribution in [0.25, 0.3) is 0 Å². The van der Waals surface area contributed by atoms with E-state index in [0.29, 0.717) is 19.3 Å². The summed E-state index contributed by atoms with van der Waals surface area (Å²) in [5, 5.41) is 9.57. The highest BCUT2D eigenvalue weighted by Crippen LogP contribution is 2.12. The number of allylic oxidation sites excluding steroid dienone is 10. The molecule has 0 radical (unpaired) electrons. The molecular weight excluding hydrogens is 642 g/mol. The van der Waals surface area contributed by atoms with Gasteiger partial charge in [0.1, 0.15) is 6.61 Å². The highest BCUT2D eigenvalue weighted by Gasteiger charge is 2.31. The second-order valence-electron chi connectivity index (χ2n) is 14.2. The Morgan fingerprint density at radius 1 is 0.627 bits per heavy atom. The van der Waals surface area contributed by atoms with E-state index in [9.17, 15) is 19.5 Å². The van der Waals surface area contributed by atoms with Crippen molar-refractivity contribution in [2.45, 2.75) is 154 Å². The molecule has 0 bridgehead atoms. The molecule has 292 valence electrons. The lowest BCUT2D eigenvalue weighted by molar-refractivity contribution is -0.887. The SMILES string of the molecule is CC/C=C/C/C=C/CCCCC(=O)OC(COCCC(C(=O)O)[N+](C)(C)C)COC(=O)CCCCCCC/C=C/C=C/C=C/CCCCCCC. The van der Waals surface area contributed by atoms with Gasteiger partial charge in [-0.25, -0.2) is 4.79 Å². The van der Waals surface area contributed by atoms with Crippen molar-refractivity contribution in [2.75, 3.05) is 41.0 Å². The summed E-state index contributed by atoms with van der Waals surface area (Å²) in [5.41, 5.74) is 0. The van der Waals surface area contributed by atoms with Crippen molar-refractivity contribution in [1.82, 2.24) is 0 Å². The van der Waals surface area contributed by atoms with Crippen LogP contribution in [0.2, 0.25) is 0 Å². The highest BCUT2D eigenvalue weighted by molar-refractivity contribution is 5.72. The average Bonchev–Trinajstić information content (AvgIpc) is 3.08. The Labute approximate surface area is 311 Å². The summed E-state index contributed by atoms with van der Waals surface area (Å²) in [4.78, 5) is 36.7. The van der Waals surface area contributed by atoms with Crippen LogP contribution in [0.3, 0.4) is 0 Å². The predicted octanol–water partition coefficient (Wildman–Crippen LogP) is 10.2. The summed E-state index contributed by atoms with van der Waals surface area (Å²) < 4.78 is 17.1. The molecule has 8 heteroatoms. The van der Waals surface area contributed by atoms with E-state index in [1.165, 1.54) is 32.1 Å². The van der Waals surface area contributed by atoms with Gasteiger partial charge >= 0.3 is 17.9 Å². The quantitative estimate of drug-likeness (QED) is 0.0233. The van der Waals surface area contributed by atoms with Crippen molar-refractivity contribution in [3.05, 3.63) is 60.8 Å². The molecule has 0 aliphatic carbocycles. The predicted molar refractivity (Wildman–Crippen MR) is 211 cm³/mol. The minimum atomic E-state index is -0.887. The van der Waals surface area contributed by atoms with Crippen molar-refractivity contribution < 1.29 is 38.2 Å². The Balaban J connectivity index is 4.41. The van der Waals surface area contributed by atoms with Crippen LogP contribution in [0.1, 0.15) is 142 Å². The van der Waals surface area contributed by atoms with Gasteiger partial charge in [-0.3, -0.25) is 9.59 Å². The smallest absolute Gasteiger partial charge is 0.362 e. The third kappa shape index (κ3) is 32.7. The molecule has 0 fully saturated rings. The van der Waals surface area contributed by atoms with Crippen molar-refractivity contribution in [3.8, 4) is 0 Å². The Morgan fingerprint density at radius 3 is 1.80 bits per heavy atom. The fourth-order valence-electron chi connectivity index (χ4n) is 5.36. The zero-order valence-electron chi connectivity index (χ0n) is 33.0. The van der Waals surface area contributed by atoms with Gasteiger partial charge in [-0.1, -0.05) is 120 Å². The zero-order chi connectivity index (χ0) is 37.8. The highest BCUT2D eigenvalue weighted by atomic mass is 16.6. The van der Waals surface area contributed by atoms with Crippen LogP contribution in [-0.2, 0) is 28.6 Å². The first-order valence-electron chi connectivity index (χ1n) is 19.9. The van der Waals surface area contributed by atoms with Gasteiger partial charge < -0.3 is 23.8 Å². The number of carbonyl (C=O) groups is 3. The van der Waals surface area contributed by atoms with E-state index in [4.69, 9.17) is 14.2 Å². The number of carboxylic acid groups (broad SMARTS) is 1. The number of rotatable bonds is 34. The summed E-state index contributed by atoms with van der Waals surface area (Å²) in [5.74, 6) is -1.55. The number of hydrogen-bond acceptors (Lipinski definition) is 6. The summed E-state index contributed by atoms with van der Waals surface area (Å²) in [6, 6.07) is -0.624. The Morgan fingerprint density at radius 2 is 1.18 bits per heavy atom. The van der Waals surface area contributed by atoms with Crippen LogP contribution in [0.4, 0.5) is 0 Å². The molecule has 0 spiro atoms. The molecule has 0 heterocycles. The summed E-state index contributed by atoms with van der Waals surface area (Å²) in [6.07, 6.45) is 39.9. The van der Waals surface area contributed by atoms with Gasteiger partial charge in [0, 0.05) is 19.3 Å². The van der Waals surface area contributed by atoms with E-state index in [0.717, 1.165) is 70.6 Å². The van der Waals surface area contributed by atoms with Crippen molar-refractivity contribution in [2.24, 2.45) is 0 Å². The molecule has 1 N–H and O–H groups in total. The van der Waals surface area contributed by atoms with Gasteiger partial charge in [-0.05, 0) is 64.2 Å². The molecule has 0 saturated carbocycles. The van der Waals surface area contributed by atoms with Crippen LogP contribution in [0.15, 0.2) is 60.8 Å². The number of carboxylic acids is 1. The van der Waals surface area contributed by atoms with Crippen LogP contribution in [-0.4, -0.2) is 80.6 Å². The fourth-order valence-corrected chi connectivity index (χ4v) is 5.36. The molecule has 51 heavy (non-hydrogen) atoms. The number of unbranched alkanes of at least 4 members (excludes halogenated alkanes) is 12. The standard InChI is InChI=1S/C43H73NO7/c1-6-8-10-12-14-16-17-18-19-20-21-22-23-24-26-27-29-31-33-41(45)50-38-39(37-49-36-35-40(43(47)48)44(3,4)5)51-42(46)34-32-30-28-25-15-13-11-9-7-2/h9,11,15,17-22,25,39-40H,6-8,10,12-14,16,23-24,26-38H2,1-5H3/p+1/b11-9+,18-17+,20-19+,22-21+,25-15+. The molecular formula is C43H74NO7+. The van der Waals surface area contributed by atoms with Gasteiger partial charge in [-0.2, -0.15) is 0 Å². The van der Waals surface area contributed by atoms with E-state index in [-0.39, 0.29) is 42.7 Å². The van der Waals surface area contributed by atoms with E-state index >= 15 is 0 Å². The molecule has 0 aromatic rings. The Hall–Kier alpha value is -2.97. The molecule has 0 aliphatic heterocycles. The molecule has 0 aromatic carbocycles. The van der Waals surface area contributed by atoms with Gasteiger partial charge in [-0.15, -0.1) is 0 Å². The second-order valence-corrected chi connectivity index (χ2v) is 14.2. The van der Waals surface area contributed by atoms with E-state index in [1.807, 2.05) is 21.1 Å². The number of ether oxygens (including phenoxy) is 3. The number of hydrogen-bond donors (Lipinski definition) is 1. The van der Waals surface area contributed by atoms with Crippen molar-refractivity contribution in [1.29, 1.82) is 0 Å². The lowest BCUT2D eigenvalue weighted by Gasteiger charge is -2.31. The average molecular weight is 717 g/mol. The Bertz CT molecular complexity index is 1020. The first-order valence-corrected chi connectivity index (χ1v) is 19.9. The third-order valence-electron chi connectivity index (χ3n) is 8.46. The van der Waals surface area contributed by atoms with Crippen LogP contribution < -0.4 is 0 Å². The normalized spacial score (nSPS) is 13.7. The van der Waals surface area contributed by atoms with Crippen molar-refractivity contribution >= 4 is 17.9 Å². The minimum absolute atomic E-state index is 0.0383. The molecule has 0 aromatic heterocycles. The molecule has 0 rings (SSSR count). The number of nitrogens with zero attached hydrogens (tertiary/aromatic N) is 1. The maximum Gasteiger partial charge on any atom is 0.362 e. The van der Waals surface area contributed by atoms with E-state index < -0.39 is 18.1 Å². The molecule has 2 unspecified atom stereocenters. The zero-order valence-corrected chi connectivity index (χ0v) is 33.0. The van der Waals surface area contributed by atoms with Gasteiger partial charge in [0.25, 0.3) is 0 Å². The van der Waals surface area contributed by atoms with Crippen LogP contribution in [0.5, 0.6) is 0 Å². The first-order chi connectivity index (χ1) is 24.6. The fraction of sp³-hybridized carbons (Fsp3) is 0.698. The van der Waals surface area contributed by atoms with E-state index in [1.54, 1.807) is 0 Å². The van der Waals surface area contributed by atoms with Crippen LogP contribution >= 0.6 is 0 Å². The maximum atomic E-state index is 12.6. The first kappa shape index (κ1) is 48.0. The molecule has 0 amide bonds. The number of aliphatic carboxylic acids is 1. The minimum Gasteiger partial charge on any atom is -0.477 e. The van der Waals surface area contributed by atoms with Gasteiger partial charge in [0.05, 0.1) is 34.4 Å².